The molecule has 0 unspecified atom stereocenters. The van der Waals surface area contributed by atoms with Crippen LogP contribution in [0.3, 0.4) is 0 Å². The third kappa shape index (κ3) is 1.03. The Morgan fingerprint density at radius 1 is 1.36 bits per heavy atom. The molecule has 1 aliphatic carbocycles. The number of aromatic nitrogens is 1. The monoisotopic (exact) mass is 186 g/mol. The highest BCUT2D eigenvalue weighted by Crippen LogP contribution is 2.43. The van der Waals surface area contributed by atoms with Crippen molar-refractivity contribution in [2.45, 2.75) is 25.7 Å². The van der Waals surface area contributed by atoms with Gasteiger partial charge in [0.1, 0.15) is 0 Å². The van der Waals surface area contributed by atoms with Crippen molar-refractivity contribution in [3.63, 3.8) is 0 Å². The predicted octanol–water partition coefficient (Wildman–Crippen LogP) is 2.94. The van der Waals surface area contributed by atoms with Crippen LogP contribution in [0.25, 0.3) is 10.9 Å². The fourth-order valence-corrected chi connectivity index (χ4v) is 2.15. The molecule has 1 aromatic heterocycles. The fourth-order valence-electron chi connectivity index (χ4n) is 2.15. The van der Waals surface area contributed by atoms with Crippen LogP contribution in [-0.4, -0.2) is 4.98 Å². The molecule has 2 aromatic rings. The smallest absolute Gasteiger partial charge is 0.0571 e. The highest BCUT2D eigenvalue weighted by atomic mass is 14.7. The van der Waals surface area contributed by atoms with Gasteiger partial charge in [-0.25, -0.2) is 0 Å². The molecule has 14 heavy (non-hydrogen) atoms. The summed E-state index contributed by atoms with van der Waals surface area (Å²) in [5.74, 6) is 0.774. The lowest BCUT2D eigenvalue weighted by molar-refractivity contribution is 1.13. The quantitative estimate of drug-likeness (QED) is 0.706. The van der Waals surface area contributed by atoms with Gasteiger partial charge in [-0.05, 0) is 37.3 Å². The molecule has 0 aliphatic heterocycles. The van der Waals surface area contributed by atoms with Gasteiger partial charge in [0, 0.05) is 11.6 Å². The highest BCUT2D eigenvalue weighted by molar-refractivity contribution is 5.94. The summed E-state index contributed by atoms with van der Waals surface area (Å²) in [6, 6.07) is 4.45. The molecule has 0 saturated heterocycles. The number of benzene rings is 1. The summed E-state index contributed by atoms with van der Waals surface area (Å²) in [6.07, 6.45) is 4.56. The van der Waals surface area contributed by atoms with Crippen molar-refractivity contribution in [2.75, 3.05) is 5.73 Å². The third-order valence-corrected chi connectivity index (χ3v) is 3.01. The molecule has 3 rings (SSSR count). The van der Waals surface area contributed by atoms with E-state index < -0.39 is 0 Å². The summed E-state index contributed by atoms with van der Waals surface area (Å²) >= 11 is 0. The first-order chi connectivity index (χ1) is 6.75. The minimum absolute atomic E-state index is 0.774. The Bertz CT molecular complexity index is 492. The Kier molecular flexibility index (Phi) is 1.43. The standard InChI is InChI=1S/C12H14N2/c1-7-4-9(8-2-3-8)12-10(5-7)11(13)6-14-12/h4-6,8,14H,2-3,13H2,1H3. The summed E-state index contributed by atoms with van der Waals surface area (Å²) in [4.78, 5) is 3.28. The third-order valence-electron chi connectivity index (χ3n) is 3.01. The number of nitrogen functional groups attached to an aromatic ring is 1. The van der Waals surface area contributed by atoms with Crippen molar-refractivity contribution < 1.29 is 0 Å². The van der Waals surface area contributed by atoms with Crippen LogP contribution in [0.1, 0.15) is 29.9 Å². The Morgan fingerprint density at radius 3 is 2.86 bits per heavy atom. The van der Waals surface area contributed by atoms with Crippen LogP contribution < -0.4 is 5.73 Å². The topological polar surface area (TPSA) is 41.8 Å². The second kappa shape index (κ2) is 2.53. The molecule has 72 valence electrons. The van der Waals surface area contributed by atoms with Crippen molar-refractivity contribution in [1.82, 2.24) is 4.98 Å². The maximum absolute atomic E-state index is 5.90. The Balaban J connectivity index is 2.35. The van der Waals surface area contributed by atoms with Gasteiger partial charge in [0.2, 0.25) is 0 Å². The predicted molar refractivity (Wildman–Crippen MR) is 59.4 cm³/mol. The summed E-state index contributed by atoms with van der Waals surface area (Å²) in [5, 5.41) is 1.19. The minimum Gasteiger partial charge on any atom is -0.397 e. The zero-order chi connectivity index (χ0) is 9.71. The molecule has 2 heteroatoms. The van der Waals surface area contributed by atoms with E-state index in [2.05, 4.69) is 24.0 Å². The van der Waals surface area contributed by atoms with E-state index in [-0.39, 0.29) is 0 Å². The lowest BCUT2D eigenvalue weighted by Crippen LogP contribution is -1.86. The van der Waals surface area contributed by atoms with Crippen LogP contribution in [0.5, 0.6) is 0 Å². The second-order valence-corrected chi connectivity index (χ2v) is 4.29. The molecular weight excluding hydrogens is 172 g/mol. The van der Waals surface area contributed by atoms with Crippen LogP contribution >= 0.6 is 0 Å². The van der Waals surface area contributed by atoms with E-state index in [9.17, 15) is 0 Å². The van der Waals surface area contributed by atoms with Crippen LogP contribution in [0.4, 0.5) is 5.69 Å². The molecule has 0 atom stereocenters. The van der Waals surface area contributed by atoms with E-state index in [4.69, 9.17) is 5.73 Å². The van der Waals surface area contributed by atoms with E-state index in [0.29, 0.717) is 0 Å². The number of hydrogen-bond acceptors (Lipinski definition) is 1. The number of nitrogens with two attached hydrogens (primary N) is 1. The van der Waals surface area contributed by atoms with Gasteiger partial charge >= 0.3 is 0 Å². The zero-order valence-electron chi connectivity index (χ0n) is 8.30. The van der Waals surface area contributed by atoms with Gasteiger partial charge in [-0.15, -0.1) is 0 Å². The van der Waals surface area contributed by atoms with Crippen molar-refractivity contribution in [1.29, 1.82) is 0 Å². The number of aromatic amines is 1. The Hall–Kier alpha value is -1.44. The SMILES string of the molecule is Cc1cc(C2CC2)c2[nH]cc(N)c2c1. The zero-order valence-corrected chi connectivity index (χ0v) is 8.30. The molecule has 1 heterocycles. The molecule has 1 aliphatic rings. The minimum atomic E-state index is 0.774. The van der Waals surface area contributed by atoms with Crippen LogP contribution in [0.15, 0.2) is 18.3 Å². The largest absolute Gasteiger partial charge is 0.397 e. The maximum Gasteiger partial charge on any atom is 0.0571 e. The van der Waals surface area contributed by atoms with Gasteiger partial charge in [-0.1, -0.05) is 11.6 Å². The van der Waals surface area contributed by atoms with Crippen molar-refractivity contribution >= 4 is 16.6 Å². The number of rotatable bonds is 1. The fraction of sp³-hybridized carbons (Fsp3) is 0.333. The normalized spacial score (nSPS) is 16.4. The Labute approximate surface area is 83.1 Å². The highest BCUT2D eigenvalue weighted by Gasteiger charge is 2.26. The van der Waals surface area contributed by atoms with E-state index in [1.54, 1.807) is 0 Å². The van der Waals surface area contributed by atoms with Crippen molar-refractivity contribution in [2.24, 2.45) is 0 Å². The van der Waals surface area contributed by atoms with Gasteiger partial charge in [0.25, 0.3) is 0 Å². The van der Waals surface area contributed by atoms with Gasteiger partial charge < -0.3 is 10.7 Å². The molecular formula is C12H14N2. The summed E-state index contributed by atoms with van der Waals surface area (Å²) in [7, 11) is 0. The maximum atomic E-state index is 5.90. The molecule has 3 N–H and O–H groups in total. The lowest BCUT2D eigenvalue weighted by Gasteiger charge is -2.03. The first-order valence-corrected chi connectivity index (χ1v) is 5.13. The number of nitrogens with one attached hydrogen (secondary N) is 1. The van der Waals surface area contributed by atoms with E-state index >= 15 is 0 Å². The second-order valence-electron chi connectivity index (χ2n) is 4.29. The molecule has 0 spiro atoms. The number of fused-ring (bicyclic) bond motifs is 1. The first-order valence-electron chi connectivity index (χ1n) is 5.13. The first kappa shape index (κ1) is 7.92. The van der Waals surface area contributed by atoms with Gasteiger partial charge in [-0.2, -0.15) is 0 Å². The molecule has 1 aromatic carbocycles. The van der Waals surface area contributed by atoms with Gasteiger partial charge in [0.15, 0.2) is 0 Å². The lowest BCUT2D eigenvalue weighted by atomic mass is 10.0. The number of anilines is 1. The van der Waals surface area contributed by atoms with Gasteiger partial charge in [-0.3, -0.25) is 0 Å². The van der Waals surface area contributed by atoms with Crippen LogP contribution in [0.2, 0.25) is 0 Å². The van der Waals surface area contributed by atoms with Crippen LogP contribution in [0, 0.1) is 6.92 Å². The number of H-pyrrole nitrogens is 1. The summed E-state index contributed by atoms with van der Waals surface area (Å²) in [5.41, 5.74) is 10.8. The Morgan fingerprint density at radius 2 is 2.14 bits per heavy atom. The van der Waals surface area contributed by atoms with Gasteiger partial charge in [0.05, 0.1) is 11.2 Å². The molecule has 0 bridgehead atoms. The molecule has 1 fully saturated rings. The average molecular weight is 186 g/mol. The summed E-state index contributed by atoms with van der Waals surface area (Å²) < 4.78 is 0. The molecule has 1 saturated carbocycles. The molecule has 0 radical (unpaired) electrons. The van der Waals surface area contributed by atoms with Crippen molar-refractivity contribution in [3.8, 4) is 0 Å². The van der Waals surface area contributed by atoms with E-state index in [0.717, 1.165) is 11.6 Å². The van der Waals surface area contributed by atoms with Crippen LogP contribution in [-0.2, 0) is 0 Å². The summed E-state index contributed by atoms with van der Waals surface area (Å²) in [6.45, 7) is 2.14. The van der Waals surface area contributed by atoms with E-state index in [1.807, 2.05) is 6.20 Å². The van der Waals surface area contributed by atoms with E-state index in [1.165, 1.54) is 34.9 Å². The molecule has 2 nitrogen and oxygen atoms in total. The van der Waals surface area contributed by atoms with Crippen molar-refractivity contribution in [3.05, 3.63) is 29.5 Å². The number of aryl methyl sites for hydroxylation is 1. The number of hydrogen-bond donors (Lipinski definition) is 2. The average Bonchev–Trinajstić information content (AvgIpc) is 2.93. The molecule has 0 amide bonds.